The van der Waals surface area contributed by atoms with Gasteiger partial charge < -0.3 is 15.9 Å². The first-order valence-electron chi connectivity index (χ1n) is 4.64. The maximum atomic E-state index is 9.23. The molecule has 0 amide bonds. The number of hydrogen-bond donors (Lipinski definition) is 3. The first-order chi connectivity index (χ1) is 6.24. The maximum Gasteiger partial charge on any atom is 0.0924 e. The molecule has 0 bridgehead atoms. The molecule has 0 saturated heterocycles. The Labute approximate surface area is 78.6 Å². The molecule has 74 valence electrons. The highest BCUT2D eigenvalue weighted by molar-refractivity contribution is 5.23. The summed E-state index contributed by atoms with van der Waals surface area (Å²) >= 11 is 0. The average Bonchev–Trinajstić information content (AvgIpc) is 2.18. The standard InChI is InChI=1S/C10H17NO2/c11-9(10(13)7-12)6-8-4-2-1-3-5-8/h2,4-5,9-10,12-13H,1,3,6-7,11H2. The summed E-state index contributed by atoms with van der Waals surface area (Å²) in [6, 6.07) is -0.362. The van der Waals surface area contributed by atoms with Gasteiger partial charge in [-0.05, 0) is 19.3 Å². The lowest BCUT2D eigenvalue weighted by molar-refractivity contribution is 0.0744. The second kappa shape index (κ2) is 5.17. The van der Waals surface area contributed by atoms with Gasteiger partial charge >= 0.3 is 0 Å². The molecule has 2 atom stereocenters. The molecule has 0 saturated carbocycles. The van der Waals surface area contributed by atoms with Crippen LogP contribution in [0.15, 0.2) is 23.8 Å². The lowest BCUT2D eigenvalue weighted by atomic mass is 9.98. The summed E-state index contributed by atoms with van der Waals surface area (Å²) in [5, 5.41) is 17.9. The van der Waals surface area contributed by atoms with E-state index in [4.69, 9.17) is 10.8 Å². The fourth-order valence-corrected chi connectivity index (χ4v) is 1.36. The third-order valence-electron chi connectivity index (χ3n) is 2.22. The molecule has 13 heavy (non-hydrogen) atoms. The van der Waals surface area contributed by atoms with E-state index in [1.54, 1.807) is 0 Å². The van der Waals surface area contributed by atoms with Crippen LogP contribution in [-0.4, -0.2) is 29.0 Å². The molecule has 3 nitrogen and oxygen atoms in total. The minimum atomic E-state index is -0.809. The molecule has 0 spiro atoms. The molecule has 4 N–H and O–H groups in total. The van der Waals surface area contributed by atoms with Crippen LogP contribution in [0.1, 0.15) is 19.3 Å². The Bertz CT molecular complexity index is 211. The third-order valence-corrected chi connectivity index (χ3v) is 2.22. The van der Waals surface area contributed by atoms with E-state index in [2.05, 4.69) is 12.2 Å². The number of allylic oxidation sites excluding steroid dienone is 3. The van der Waals surface area contributed by atoms with E-state index < -0.39 is 6.10 Å². The van der Waals surface area contributed by atoms with Gasteiger partial charge in [0.05, 0.1) is 12.7 Å². The van der Waals surface area contributed by atoms with Crippen LogP contribution in [0.3, 0.4) is 0 Å². The predicted molar refractivity (Wildman–Crippen MR) is 52.1 cm³/mol. The average molecular weight is 183 g/mol. The van der Waals surface area contributed by atoms with Gasteiger partial charge in [0.15, 0.2) is 0 Å². The van der Waals surface area contributed by atoms with Gasteiger partial charge in [-0.1, -0.05) is 23.8 Å². The van der Waals surface area contributed by atoms with Crippen molar-refractivity contribution >= 4 is 0 Å². The highest BCUT2D eigenvalue weighted by atomic mass is 16.3. The van der Waals surface area contributed by atoms with Gasteiger partial charge in [0, 0.05) is 6.04 Å². The quantitative estimate of drug-likeness (QED) is 0.588. The van der Waals surface area contributed by atoms with E-state index in [9.17, 15) is 5.11 Å². The number of rotatable bonds is 4. The molecule has 1 rings (SSSR count). The Morgan fingerprint density at radius 2 is 2.23 bits per heavy atom. The van der Waals surface area contributed by atoms with Gasteiger partial charge in [-0.3, -0.25) is 0 Å². The van der Waals surface area contributed by atoms with E-state index >= 15 is 0 Å². The fraction of sp³-hybridized carbons (Fsp3) is 0.600. The molecular weight excluding hydrogens is 166 g/mol. The summed E-state index contributed by atoms with van der Waals surface area (Å²) in [5.74, 6) is 0. The van der Waals surface area contributed by atoms with E-state index in [1.165, 1.54) is 0 Å². The van der Waals surface area contributed by atoms with Crippen LogP contribution in [0.5, 0.6) is 0 Å². The lowest BCUT2D eigenvalue weighted by Gasteiger charge is -2.17. The molecule has 0 aliphatic heterocycles. The number of aliphatic hydroxyl groups excluding tert-OH is 2. The third kappa shape index (κ3) is 3.30. The minimum Gasteiger partial charge on any atom is -0.394 e. The van der Waals surface area contributed by atoms with Gasteiger partial charge in [0.25, 0.3) is 0 Å². The number of hydrogen-bond acceptors (Lipinski definition) is 3. The van der Waals surface area contributed by atoms with E-state index in [1.807, 2.05) is 6.08 Å². The van der Waals surface area contributed by atoms with Gasteiger partial charge in [0.1, 0.15) is 0 Å². The van der Waals surface area contributed by atoms with Crippen molar-refractivity contribution in [3.63, 3.8) is 0 Å². The van der Waals surface area contributed by atoms with Crippen molar-refractivity contribution in [1.82, 2.24) is 0 Å². The van der Waals surface area contributed by atoms with E-state index in [0.29, 0.717) is 6.42 Å². The summed E-state index contributed by atoms with van der Waals surface area (Å²) in [5.41, 5.74) is 6.83. The first kappa shape index (κ1) is 10.4. The van der Waals surface area contributed by atoms with Crippen molar-refractivity contribution in [1.29, 1.82) is 0 Å². The summed E-state index contributed by atoms with van der Waals surface area (Å²) in [7, 11) is 0. The van der Waals surface area contributed by atoms with Crippen LogP contribution in [0, 0.1) is 0 Å². The Kier molecular flexibility index (Phi) is 4.15. The molecule has 0 radical (unpaired) electrons. The molecule has 0 heterocycles. The van der Waals surface area contributed by atoms with Crippen molar-refractivity contribution in [2.24, 2.45) is 5.73 Å². The highest BCUT2D eigenvalue weighted by Crippen LogP contribution is 2.15. The Morgan fingerprint density at radius 3 is 2.77 bits per heavy atom. The minimum absolute atomic E-state index is 0.266. The largest absolute Gasteiger partial charge is 0.394 e. The Balaban J connectivity index is 2.39. The monoisotopic (exact) mass is 183 g/mol. The molecule has 1 aliphatic rings. The maximum absolute atomic E-state index is 9.23. The van der Waals surface area contributed by atoms with Crippen molar-refractivity contribution < 1.29 is 10.2 Å². The number of nitrogens with two attached hydrogens (primary N) is 1. The van der Waals surface area contributed by atoms with Gasteiger partial charge in [-0.25, -0.2) is 0 Å². The van der Waals surface area contributed by atoms with Crippen LogP contribution in [0.4, 0.5) is 0 Å². The molecule has 0 aromatic rings. The molecule has 0 aromatic heterocycles. The second-order valence-corrected chi connectivity index (χ2v) is 3.38. The summed E-state index contributed by atoms with van der Waals surface area (Å²) in [6.45, 7) is -0.266. The molecule has 3 heteroatoms. The summed E-state index contributed by atoms with van der Waals surface area (Å²) < 4.78 is 0. The van der Waals surface area contributed by atoms with Gasteiger partial charge in [-0.15, -0.1) is 0 Å². The molecular formula is C10H17NO2. The van der Waals surface area contributed by atoms with E-state index in [-0.39, 0.29) is 12.6 Å². The molecule has 0 fully saturated rings. The van der Waals surface area contributed by atoms with Crippen LogP contribution < -0.4 is 5.73 Å². The zero-order valence-corrected chi connectivity index (χ0v) is 7.69. The topological polar surface area (TPSA) is 66.5 Å². The summed E-state index contributed by atoms with van der Waals surface area (Å²) in [6.07, 6.45) is 8.23. The zero-order chi connectivity index (χ0) is 9.68. The van der Waals surface area contributed by atoms with Crippen molar-refractivity contribution in [3.8, 4) is 0 Å². The van der Waals surface area contributed by atoms with Gasteiger partial charge in [0.2, 0.25) is 0 Å². The van der Waals surface area contributed by atoms with Crippen LogP contribution in [0.25, 0.3) is 0 Å². The number of aliphatic hydroxyl groups is 2. The van der Waals surface area contributed by atoms with Crippen LogP contribution in [-0.2, 0) is 0 Å². The molecule has 2 unspecified atom stereocenters. The molecule has 1 aliphatic carbocycles. The predicted octanol–water partition coefficient (Wildman–Crippen LogP) is 0.333. The SMILES string of the molecule is NC(CC1=CCCC=C1)C(O)CO. The fourth-order valence-electron chi connectivity index (χ4n) is 1.36. The van der Waals surface area contributed by atoms with Crippen LogP contribution in [0.2, 0.25) is 0 Å². The highest BCUT2D eigenvalue weighted by Gasteiger charge is 2.14. The zero-order valence-electron chi connectivity index (χ0n) is 7.69. The molecule has 0 aromatic carbocycles. The first-order valence-corrected chi connectivity index (χ1v) is 4.64. The Hall–Kier alpha value is -0.640. The van der Waals surface area contributed by atoms with Gasteiger partial charge in [-0.2, -0.15) is 0 Å². The van der Waals surface area contributed by atoms with Crippen molar-refractivity contribution in [2.45, 2.75) is 31.4 Å². The summed E-state index contributed by atoms with van der Waals surface area (Å²) in [4.78, 5) is 0. The second-order valence-electron chi connectivity index (χ2n) is 3.38. The Morgan fingerprint density at radius 1 is 1.46 bits per heavy atom. The van der Waals surface area contributed by atoms with E-state index in [0.717, 1.165) is 18.4 Å². The smallest absolute Gasteiger partial charge is 0.0924 e. The lowest BCUT2D eigenvalue weighted by Crippen LogP contribution is -2.37. The van der Waals surface area contributed by atoms with Crippen molar-refractivity contribution in [3.05, 3.63) is 23.8 Å². The normalized spacial score (nSPS) is 21.0. The van der Waals surface area contributed by atoms with Crippen molar-refractivity contribution in [2.75, 3.05) is 6.61 Å². The van der Waals surface area contributed by atoms with Crippen LogP contribution >= 0.6 is 0 Å².